The molecule has 7 heteroatoms. The number of aryl methyl sites for hydroxylation is 1. The van der Waals surface area contributed by atoms with Gasteiger partial charge < -0.3 is 19.5 Å². The van der Waals surface area contributed by atoms with Crippen LogP contribution in [0, 0.1) is 6.92 Å². The zero-order valence-corrected chi connectivity index (χ0v) is 15.9. The third-order valence-corrected chi connectivity index (χ3v) is 5.43. The first-order valence-electron chi connectivity index (χ1n) is 9.84. The molecule has 1 aromatic heterocycles. The van der Waals surface area contributed by atoms with E-state index < -0.39 is 0 Å². The molecule has 4 rings (SSSR count). The predicted octanol–water partition coefficient (Wildman–Crippen LogP) is 1.86. The Bertz CT molecular complexity index is 803. The first kappa shape index (κ1) is 18.0. The Morgan fingerprint density at radius 1 is 1.26 bits per heavy atom. The highest BCUT2D eigenvalue weighted by molar-refractivity contribution is 5.77. The summed E-state index contributed by atoms with van der Waals surface area (Å²) in [5.74, 6) is 2.95. The van der Waals surface area contributed by atoms with E-state index in [4.69, 9.17) is 4.74 Å². The molecule has 0 aliphatic carbocycles. The lowest BCUT2D eigenvalue weighted by atomic mass is 10.2. The Labute approximate surface area is 159 Å². The topological polar surface area (TPSA) is 72.3 Å². The Hall–Kier alpha value is -2.41. The molecule has 0 spiro atoms. The number of nitrogens with zero attached hydrogens (tertiary/aromatic N) is 4. The van der Waals surface area contributed by atoms with Crippen molar-refractivity contribution in [2.75, 3.05) is 26.2 Å². The first-order valence-corrected chi connectivity index (χ1v) is 9.84. The number of ether oxygens (including phenoxy) is 1. The van der Waals surface area contributed by atoms with Gasteiger partial charge in [0.1, 0.15) is 11.6 Å². The summed E-state index contributed by atoms with van der Waals surface area (Å²) in [5.41, 5.74) is 1.09. The molecule has 2 aromatic rings. The average molecular weight is 369 g/mol. The number of likely N-dealkylation sites (tertiary alicyclic amines) is 1. The van der Waals surface area contributed by atoms with Crippen molar-refractivity contribution in [1.82, 2.24) is 25.0 Å². The van der Waals surface area contributed by atoms with Gasteiger partial charge in [-0.15, -0.1) is 10.2 Å². The summed E-state index contributed by atoms with van der Waals surface area (Å²) < 4.78 is 8.02. The number of carbonyl (C=O) groups excluding carboxylic acids is 1. The lowest BCUT2D eigenvalue weighted by molar-refractivity contribution is -0.132. The summed E-state index contributed by atoms with van der Waals surface area (Å²) in [6.07, 6.45) is 3.23. The lowest BCUT2D eigenvalue weighted by Crippen LogP contribution is -2.33. The Morgan fingerprint density at radius 3 is 3.04 bits per heavy atom. The fraction of sp³-hybridized carbons (Fsp3) is 0.550. The second kappa shape index (κ2) is 8.08. The maximum Gasteiger partial charge on any atom is 0.226 e. The van der Waals surface area contributed by atoms with Gasteiger partial charge in [0, 0.05) is 32.6 Å². The van der Waals surface area contributed by atoms with Gasteiger partial charge in [0.05, 0.1) is 19.1 Å². The number of aromatic nitrogens is 3. The van der Waals surface area contributed by atoms with Crippen LogP contribution in [0.15, 0.2) is 24.3 Å². The molecule has 144 valence electrons. The number of fused-ring (bicyclic) bond motifs is 1. The second-order valence-corrected chi connectivity index (χ2v) is 7.24. The van der Waals surface area contributed by atoms with Crippen molar-refractivity contribution in [2.45, 2.75) is 45.2 Å². The fourth-order valence-electron chi connectivity index (χ4n) is 3.98. The van der Waals surface area contributed by atoms with Crippen LogP contribution in [0.2, 0.25) is 0 Å². The molecule has 0 radical (unpaired) electrons. The number of amides is 1. The summed E-state index contributed by atoms with van der Waals surface area (Å²) >= 11 is 0. The van der Waals surface area contributed by atoms with Crippen LogP contribution in [0.5, 0.6) is 5.75 Å². The molecular formula is C20H27N5O2. The van der Waals surface area contributed by atoms with Crippen molar-refractivity contribution in [3.63, 3.8) is 0 Å². The highest BCUT2D eigenvalue weighted by Crippen LogP contribution is 2.32. The fourth-order valence-corrected chi connectivity index (χ4v) is 3.98. The van der Waals surface area contributed by atoms with Crippen LogP contribution in [0.25, 0.3) is 0 Å². The summed E-state index contributed by atoms with van der Waals surface area (Å²) in [6, 6.07) is 7.93. The van der Waals surface area contributed by atoms with E-state index in [1.807, 2.05) is 36.1 Å². The predicted molar refractivity (Wildman–Crippen MR) is 102 cm³/mol. The minimum absolute atomic E-state index is 0.0373. The molecular weight excluding hydrogens is 342 g/mol. The van der Waals surface area contributed by atoms with Crippen LogP contribution in [-0.2, 0) is 17.8 Å². The molecule has 0 saturated carbocycles. The second-order valence-electron chi connectivity index (χ2n) is 7.24. The number of hydrogen-bond acceptors (Lipinski definition) is 5. The van der Waals surface area contributed by atoms with Crippen molar-refractivity contribution in [1.29, 1.82) is 0 Å². The minimum atomic E-state index is 0.0373. The van der Waals surface area contributed by atoms with Crippen molar-refractivity contribution < 1.29 is 9.53 Å². The normalized spacial score (nSPS) is 19.6. The summed E-state index contributed by atoms with van der Waals surface area (Å²) in [4.78, 5) is 14.8. The Balaban J connectivity index is 1.40. The van der Waals surface area contributed by atoms with Crippen LogP contribution < -0.4 is 10.1 Å². The van der Waals surface area contributed by atoms with E-state index in [0.29, 0.717) is 13.0 Å². The number of hydrogen-bond donors (Lipinski definition) is 1. The molecule has 27 heavy (non-hydrogen) atoms. The quantitative estimate of drug-likeness (QED) is 0.871. The highest BCUT2D eigenvalue weighted by atomic mass is 16.5. The molecule has 7 nitrogen and oxygen atoms in total. The Kier molecular flexibility index (Phi) is 5.38. The summed E-state index contributed by atoms with van der Waals surface area (Å²) in [6.45, 7) is 5.92. The smallest absolute Gasteiger partial charge is 0.226 e. The van der Waals surface area contributed by atoms with Crippen molar-refractivity contribution >= 4 is 5.91 Å². The average Bonchev–Trinajstić information content (AvgIpc) is 3.24. The molecule has 2 aliphatic rings. The number of carbonyl (C=O) groups is 1. The maximum absolute atomic E-state index is 12.8. The highest BCUT2D eigenvalue weighted by Gasteiger charge is 2.34. The van der Waals surface area contributed by atoms with E-state index >= 15 is 0 Å². The molecule has 1 N–H and O–H groups in total. The van der Waals surface area contributed by atoms with Gasteiger partial charge in [-0.2, -0.15) is 0 Å². The van der Waals surface area contributed by atoms with E-state index in [-0.39, 0.29) is 11.9 Å². The lowest BCUT2D eigenvalue weighted by Gasteiger charge is -2.25. The van der Waals surface area contributed by atoms with Gasteiger partial charge in [-0.3, -0.25) is 4.79 Å². The van der Waals surface area contributed by atoms with E-state index in [2.05, 4.69) is 20.1 Å². The van der Waals surface area contributed by atoms with Gasteiger partial charge in [-0.1, -0.05) is 18.2 Å². The monoisotopic (exact) mass is 369 g/mol. The third kappa shape index (κ3) is 3.83. The van der Waals surface area contributed by atoms with Crippen LogP contribution in [-0.4, -0.2) is 51.8 Å². The van der Waals surface area contributed by atoms with Crippen molar-refractivity contribution in [3.05, 3.63) is 41.5 Å². The molecule has 2 aliphatic heterocycles. The molecule has 1 amide bonds. The zero-order valence-electron chi connectivity index (χ0n) is 15.9. The first-order chi connectivity index (χ1) is 13.2. The van der Waals surface area contributed by atoms with Gasteiger partial charge in [0.2, 0.25) is 5.91 Å². The standard InChI is InChI=1S/C20H27N5O2/c1-15-5-2-3-7-17(15)27-14-9-19(26)24-12-4-6-16(24)20-23-22-18-8-10-21-11-13-25(18)20/h2-3,5,7,16,21H,4,6,8-14H2,1H3. The molecule has 1 unspecified atom stereocenters. The molecule has 0 bridgehead atoms. The van der Waals surface area contributed by atoms with Gasteiger partial charge in [-0.05, 0) is 31.4 Å². The van der Waals surface area contributed by atoms with E-state index in [1.165, 1.54) is 0 Å². The molecule has 1 aromatic carbocycles. The van der Waals surface area contributed by atoms with Gasteiger partial charge in [-0.25, -0.2) is 0 Å². The largest absolute Gasteiger partial charge is 0.493 e. The maximum atomic E-state index is 12.8. The van der Waals surface area contributed by atoms with Gasteiger partial charge in [0.15, 0.2) is 5.82 Å². The third-order valence-electron chi connectivity index (χ3n) is 5.43. The number of para-hydroxylation sites is 1. The molecule has 1 atom stereocenters. The van der Waals surface area contributed by atoms with E-state index in [1.54, 1.807) is 0 Å². The van der Waals surface area contributed by atoms with Gasteiger partial charge in [0.25, 0.3) is 0 Å². The minimum Gasteiger partial charge on any atom is -0.493 e. The van der Waals surface area contributed by atoms with Crippen LogP contribution in [0.4, 0.5) is 0 Å². The zero-order chi connectivity index (χ0) is 18.6. The number of benzene rings is 1. The van der Waals surface area contributed by atoms with E-state index in [9.17, 15) is 4.79 Å². The van der Waals surface area contributed by atoms with Crippen molar-refractivity contribution in [2.24, 2.45) is 0 Å². The van der Waals surface area contributed by atoms with Gasteiger partial charge >= 0.3 is 0 Å². The van der Waals surface area contributed by atoms with Crippen LogP contribution >= 0.6 is 0 Å². The van der Waals surface area contributed by atoms with Crippen LogP contribution in [0.1, 0.15) is 42.5 Å². The summed E-state index contributed by atoms with van der Waals surface area (Å²) in [7, 11) is 0. The Morgan fingerprint density at radius 2 is 2.15 bits per heavy atom. The number of rotatable bonds is 5. The molecule has 1 fully saturated rings. The summed E-state index contributed by atoms with van der Waals surface area (Å²) in [5, 5.41) is 12.2. The van der Waals surface area contributed by atoms with Crippen molar-refractivity contribution in [3.8, 4) is 5.75 Å². The van der Waals surface area contributed by atoms with Crippen LogP contribution in [0.3, 0.4) is 0 Å². The molecule has 3 heterocycles. The SMILES string of the molecule is Cc1ccccc1OCCC(=O)N1CCCC1c1nnc2n1CCNCC2. The molecule has 1 saturated heterocycles. The van der Waals surface area contributed by atoms with E-state index in [0.717, 1.165) is 68.4 Å². The number of nitrogens with one attached hydrogen (secondary N) is 1.